The van der Waals surface area contributed by atoms with Crippen molar-refractivity contribution < 1.29 is 17.6 Å². The van der Waals surface area contributed by atoms with E-state index in [0.29, 0.717) is 32.0 Å². The second-order valence-corrected chi connectivity index (χ2v) is 8.95. The molecule has 0 radical (unpaired) electrons. The van der Waals surface area contributed by atoms with Gasteiger partial charge >= 0.3 is 0 Å². The van der Waals surface area contributed by atoms with Crippen LogP contribution in [0.5, 0.6) is 5.75 Å². The third-order valence-corrected chi connectivity index (χ3v) is 6.50. The zero-order valence-electron chi connectivity index (χ0n) is 15.8. The zero-order chi connectivity index (χ0) is 19.4. The van der Waals surface area contributed by atoms with Crippen molar-refractivity contribution in [3.63, 3.8) is 0 Å². The number of nitrogens with zero attached hydrogens (tertiary/aromatic N) is 2. The average molecular weight is 391 g/mol. The first-order chi connectivity index (χ1) is 12.9. The van der Waals surface area contributed by atoms with E-state index in [1.807, 2.05) is 38.1 Å². The van der Waals surface area contributed by atoms with Crippen LogP contribution in [0.25, 0.3) is 11.5 Å². The first-order valence-electron chi connectivity index (χ1n) is 9.17. The second kappa shape index (κ2) is 8.27. The van der Waals surface area contributed by atoms with Crippen molar-refractivity contribution in [1.29, 1.82) is 0 Å². The molecule has 0 amide bonds. The molecule has 0 aliphatic carbocycles. The third-order valence-electron chi connectivity index (χ3n) is 4.75. The van der Waals surface area contributed by atoms with Crippen LogP contribution in [0.2, 0.25) is 0 Å². The highest BCUT2D eigenvalue weighted by Crippen LogP contribution is 2.31. The maximum Gasteiger partial charge on any atom is 0.230 e. The molecule has 1 saturated heterocycles. The lowest BCUT2D eigenvalue weighted by atomic mass is 10.2. The normalized spacial score (nSPS) is 18.7. The van der Waals surface area contributed by atoms with Crippen molar-refractivity contribution in [2.45, 2.75) is 32.9 Å². The van der Waals surface area contributed by atoms with Gasteiger partial charge < -0.3 is 9.15 Å². The summed E-state index contributed by atoms with van der Waals surface area (Å²) in [6.45, 7) is 9.32. The first kappa shape index (κ1) is 19.6. The minimum absolute atomic E-state index is 0.0109. The molecule has 1 aliphatic rings. The Morgan fingerprint density at radius 3 is 2.85 bits per heavy atom. The molecule has 1 aromatic carbocycles. The highest BCUT2D eigenvalue weighted by atomic mass is 32.2. The predicted molar refractivity (Wildman–Crippen MR) is 106 cm³/mol. The van der Waals surface area contributed by atoms with Gasteiger partial charge in [-0.25, -0.2) is 13.4 Å². The molecule has 1 unspecified atom stereocenters. The molecule has 7 heteroatoms. The summed E-state index contributed by atoms with van der Waals surface area (Å²) in [5.74, 6) is 2.42. The van der Waals surface area contributed by atoms with Gasteiger partial charge in [-0.1, -0.05) is 18.2 Å². The van der Waals surface area contributed by atoms with E-state index >= 15 is 0 Å². The van der Waals surface area contributed by atoms with Crippen LogP contribution in [0.3, 0.4) is 0 Å². The number of rotatable bonds is 8. The van der Waals surface area contributed by atoms with Crippen molar-refractivity contribution in [3.8, 4) is 17.2 Å². The van der Waals surface area contributed by atoms with Gasteiger partial charge in [0.25, 0.3) is 0 Å². The number of aryl methyl sites for hydroxylation is 1. The summed E-state index contributed by atoms with van der Waals surface area (Å²) in [4.78, 5) is 6.79. The number of ether oxygens (including phenoxy) is 1. The third kappa shape index (κ3) is 4.59. The van der Waals surface area contributed by atoms with E-state index in [4.69, 9.17) is 9.15 Å². The lowest BCUT2D eigenvalue weighted by molar-refractivity contribution is 0.223. The van der Waals surface area contributed by atoms with Crippen LogP contribution in [0.15, 0.2) is 41.3 Å². The molecule has 0 bridgehead atoms. The molecule has 0 N–H and O–H groups in total. The lowest BCUT2D eigenvalue weighted by Gasteiger charge is -2.25. The Balaban J connectivity index is 1.84. The van der Waals surface area contributed by atoms with Crippen molar-refractivity contribution in [1.82, 2.24) is 9.88 Å². The number of hydrogen-bond donors (Lipinski definition) is 0. The van der Waals surface area contributed by atoms with Crippen molar-refractivity contribution in [2.24, 2.45) is 0 Å². The molecular formula is C20H26N2O4S. The lowest BCUT2D eigenvalue weighted by Crippen LogP contribution is -2.36. The fourth-order valence-corrected chi connectivity index (χ4v) is 5.14. The number of para-hydroxylation sites is 1. The molecule has 1 aromatic heterocycles. The van der Waals surface area contributed by atoms with Crippen molar-refractivity contribution in [2.75, 3.05) is 24.7 Å². The van der Waals surface area contributed by atoms with Crippen LogP contribution in [-0.4, -0.2) is 49.0 Å². The van der Waals surface area contributed by atoms with Gasteiger partial charge in [0.05, 0.1) is 29.4 Å². The number of benzene rings is 1. The summed E-state index contributed by atoms with van der Waals surface area (Å²) in [6.07, 6.45) is 2.44. The maximum absolute atomic E-state index is 11.9. The summed E-state index contributed by atoms with van der Waals surface area (Å²) in [5, 5.41) is 0. The fourth-order valence-electron chi connectivity index (χ4n) is 3.38. The first-order valence-corrected chi connectivity index (χ1v) is 11.0. The van der Waals surface area contributed by atoms with E-state index in [1.165, 1.54) is 0 Å². The zero-order valence-corrected chi connectivity index (χ0v) is 16.7. The van der Waals surface area contributed by atoms with Gasteiger partial charge in [-0.3, -0.25) is 4.90 Å². The number of sulfone groups is 1. The average Bonchev–Trinajstić information content (AvgIpc) is 3.17. The molecule has 2 heterocycles. The second-order valence-electron chi connectivity index (χ2n) is 6.73. The standard InChI is InChI=1S/C20H26N2O4S/c1-4-11-22(16-10-12-27(23,24)14-16)13-18-15(3)26-20(21-18)17-8-6-7-9-19(17)25-5-2/h4,6-9,16H,1,5,10-14H2,2-3H3. The number of aromatic nitrogens is 1. The summed E-state index contributed by atoms with van der Waals surface area (Å²) >= 11 is 0. The van der Waals surface area contributed by atoms with Gasteiger partial charge in [0, 0.05) is 19.1 Å². The van der Waals surface area contributed by atoms with Crippen LogP contribution in [0.1, 0.15) is 24.8 Å². The number of hydrogen-bond acceptors (Lipinski definition) is 6. The Labute approximate surface area is 160 Å². The Hall–Kier alpha value is -2.12. The van der Waals surface area contributed by atoms with E-state index in [9.17, 15) is 8.42 Å². The Morgan fingerprint density at radius 2 is 2.19 bits per heavy atom. The molecule has 146 valence electrons. The molecule has 1 atom stereocenters. The molecule has 0 saturated carbocycles. The van der Waals surface area contributed by atoms with Gasteiger partial charge in [0.2, 0.25) is 5.89 Å². The van der Waals surface area contributed by atoms with E-state index in [2.05, 4.69) is 16.5 Å². The van der Waals surface area contributed by atoms with Crippen LogP contribution in [0, 0.1) is 6.92 Å². The summed E-state index contributed by atoms with van der Waals surface area (Å²) in [6, 6.07) is 7.64. The topological polar surface area (TPSA) is 72.6 Å². The minimum atomic E-state index is -2.95. The molecule has 0 spiro atoms. The Kier molecular flexibility index (Phi) is 6.01. The van der Waals surface area contributed by atoms with Crippen LogP contribution >= 0.6 is 0 Å². The van der Waals surface area contributed by atoms with Crippen LogP contribution in [0.4, 0.5) is 0 Å². The van der Waals surface area contributed by atoms with Crippen molar-refractivity contribution in [3.05, 3.63) is 48.4 Å². The molecular weight excluding hydrogens is 364 g/mol. The smallest absolute Gasteiger partial charge is 0.230 e. The Morgan fingerprint density at radius 1 is 1.41 bits per heavy atom. The summed E-state index contributed by atoms with van der Waals surface area (Å²) in [5.41, 5.74) is 1.62. The highest BCUT2D eigenvalue weighted by molar-refractivity contribution is 7.91. The number of oxazole rings is 1. The molecule has 1 aliphatic heterocycles. The Bertz CT molecular complexity index is 904. The molecule has 1 fully saturated rings. The molecule has 2 aromatic rings. The summed E-state index contributed by atoms with van der Waals surface area (Å²) < 4.78 is 35.3. The molecule has 6 nitrogen and oxygen atoms in total. The van der Waals surface area contributed by atoms with Gasteiger partial charge in [0.1, 0.15) is 11.5 Å². The van der Waals surface area contributed by atoms with E-state index < -0.39 is 9.84 Å². The summed E-state index contributed by atoms with van der Waals surface area (Å²) in [7, 11) is -2.95. The minimum Gasteiger partial charge on any atom is -0.493 e. The van der Waals surface area contributed by atoms with Crippen LogP contribution < -0.4 is 4.74 Å². The van der Waals surface area contributed by atoms with Gasteiger partial charge in [-0.05, 0) is 32.4 Å². The quantitative estimate of drug-likeness (QED) is 0.645. The largest absolute Gasteiger partial charge is 0.493 e. The van der Waals surface area contributed by atoms with Crippen molar-refractivity contribution >= 4 is 9.84 Å². The van der Waals surface area contributed by atoms with Gasteiger partial charge in [0.15, 0.2) is 9.84 Å². The predicted octanol–water partition coefficient (Wildman–Crippen LogP) is 3.22. The molecule has 3 rings (SSSR count). The van der Waals surface area contributed by atoms with E-state index in [0.717, 1.165) is 22.8 Å². The van der Waals surface area contributed by atoms with Gasteiger partial charge in [-0.15, -0.1) is 6.58 Å². The maximum atomic E-state index is 11.9. The van der Waals surface area contributed by atoms with E-state index in [1.54, 1.807) is 6.08 Å². The van der Waals surface area contributed by atoms with Crippen LogP contribution in [-0.2, 0) is 16.4 Å². The van der Waals surface area contributed by atoms with Gasteiger partial charge in [-0.2, -0.15) is 0 Å². The highest BCUT2D eigenvalue weighted by Gasteiger charge is 2.32. The SMILES string of the molecule is C=CCN(Cc1nc(-c2ccccc2OCC)oc1C)C1CCS(=O)(=O)C1. The monoisotopic (exact) mass is 390 g/mol. The fraction of sp³-hybridized carbons (Fsp3) is 0.450. The molecule has 27 heavy (non-hydrogen) atoms. The van der Waals surface area contributed by atoms with E-state index in [-0.39, 0.29) is 17.5 Å².